The van der Waals surface area contributed by atoms with Crippen LogP contribution in [0.25, 0.3) is 0 Å². The molecule has 190 valence electrons. The van der Waals surface area contributed by atoms with Gasteiger partial charge in [0.2, 0.25) is 21.8 Å². The van der Waals surface area contributed by atoms with Crippen molar-refractivity contribution in [2.75, 3.05) is 17.1 Å². The summed E-state index contributed by atoms with van der Waals surface area (Å²) in [4.78, 5) is 28.1. The Balaban J connectivity index is 1.88. The summed E-state index contributed by atoms with van der Waals surface area (Å²) in [5, 5.41) is 3.27. The highest BCUT2D eigenvalue weighted by molar-refractivity contribution is 7.92. The summed E-state index contributed by atoms with van der Waals surface area (Å²) in [5.41, 5.74) is 0.929. The molecule has 0 aromatic heterocycles. The van der Waals surface area contributed by atoms with Crippen molar-refractivity contribution in [1.29, 1.82) is 0 Å². The molecule has 0 heterocycles. The first-order valence-corrected chi connectivity index (χ1v) is 14.2. The van der Waals surface area contributed by atoms with Crippen LogP contribution in [-0.2, 0) is 26.2 Å². The highest BCUT2D eigenvalue weighted by Crippen LogP contribution is 2.33. The number of nitrogens with zero attached hydrogens (tertiary/aromatic N) is 2. The van der Waals surface area contributed by atoms with Gasteiger partial charge in [0.1, 0.15) is 12.6 Å². The van der Waals surface area contributed by atoms with Crippen LogP contribution in [0.15, 0.2) is 48.5 Å². The van der Waals surface area contributed by atoms with Crippen molar-refractivity contribution in [2.24, 2.45) is 0 Å². The van der Waals surface area contributed by atoms with Crippen molar-refractivity contribution in [3.63, 3.8) is 0 Å². The number of nitrogens with one attached hydrogen (secondary N) is 1. The standard InChI is InChI=1S/C25H31Cl2N3O4S/c1-18(25(32)28-20-12-7-4-8-13-20)29(16-19-10-5-3-6-11-19)23(31)17-30(35(2,33)34)22-15-9-14-21(26)24(22)27/h3,5-6,9-11,14-15,18,20H,4,7-8,12-13,16-17H2,1-2H3,(H,28,32). The molecule has 0 aliphatic heterocycles. The minimum absolute atomic E-state index is 0.0325. The van der Waals surface area contributed by atoms with E-state index in [2.05, 4.69) is 5.32 Å². The Morgan fingerprint density at radius 2 is 1.69 bits per heavy atom. The molecule has 0 radical (unpaired) electrons. The van der Waals surface area contributed by atoms with Gasteiger partial charge in [-0.15, -0.1) is 0 Å². The molecule has 1 saturated carbocycles. The molecule has 1 fully saturated rings. The van der Waals surface area contributed by atoms with Gasteiger partial charge in [0.25, 0.3) is 0 Å². The van der Waals surface area contributed by atoms with Crippen molar-refractivity contribution >= 4 is 50.7 Å². The van der Waals surface area contributed by atoms with E-state index in [1.54, 1.807) is 13.0 Å². The summed E-state index contributed by atoms with van der Waals surface area (Å²) in [5.74, 6) is -0.783. The largest absolute Gasteiger partial charge is 0.352 e. The third-order valence-corrected chi connectivity index (χ3v) is 8.13. The van der Waals surface area contributed by atoms with Gasteiger partial charge in [0, 0.05) is 12.6 Å². The Morgan fingerprint density at radius 1 is 1.03 bits per heavy atom. The SMILES string of the molecule is CC(C(=O)NC1CCCCC1)N(Cc1ccccc1)C(=O)CN(c1cccc(Cl)c1Cl)S(C)(=O)=O. The van der Waals surface area contributed by atoms with Crippen LogP contribution >= 0.6 is 23.2 Å². The second kappa shape index (κ2) is 12.1. The zero-order chi connectivity index (χ0) is 25.6. The fourth-order valence-corrected chi connectivity index (χ4v) is 5.51. The number of sulfonamides is 1. The number of rotatable bonds is 9. The Morgan fingerprint density at radius 3 is 2.31 bits per heavy atom. The van der Waals surface area contributed by atoms with Crippen molar-refractivity contribution < 1.29 is 18.0 Å². The van der Waals surface area contributed by atoms with Gasteiger partial charge in [-0.1, -0.05) is 78.9 Å². The van der Waals surface area contributed by atoms with Gasteiger partial charge in [0.05, 0.1) is 22.0 Å². The van der Waals surface area contributed by atoms with E-state index < -0.39 is 28.5 Å². The van der Waals surface area contributed by atoms with Crippen LogP contribution in [0.2, 0.25) is 10.0 Å². The van der Waals surface area contributed by atoms with Crippen LogP contribution in [0, 0.1) is 0 Å². The fraction of sp³-hybridized carbons (Fsp3) is 0.440. The lowest BCUT2D eigenvalue weighted by Crippen LogP contribution is -2.53. The number of hydrogen-bond acceptors (Lipinski definition) is 4. The molecule has 1 aliphatic rings. The molecule has 0 spiro atoms. The van der Waals surface area contributed by atoms with Crippen molar-refractivity contribution in [2.45, 2.75) is 57.7 Å². The van der Waals surface area contributed by atoms with E-state index in [9.17, 15) is 18.0 Å². The lowest BCUT2D eigenvalue weighted by Gasteiger charge is -2.33. The van der Waals surface area contributed by atoms with Crippen LogP contribution in [0.4, 0.5) is 5.69 Å². The number of anilines is 1. The minimum atomic E-state index is -3.89. The highest BCUT2D eigenvalue weighted by Gasteiger charge is 2.32. The smallest absolute Gasteiger partial charge is 0.244 e. The van der Waals surface area contributed by atoms with Gasteiger partial charge in [-0.05, 0) is 37.5 Å². The summed E-state index contributed by atoms with van der Waals surface area (Å²) in [7, 11) is -3.89. The number of hydrogen-bond donors (Lipinski definition) is 1. The van der Waals surface area contributed by atoms with Gasteiger partial charge in [-0.25, -0.2) is 8.42 Å². The molecular formula is C25H31Cl2N3O4S. The van der Waals surface area contributed by atoms with Crippen LogP contribution < -0.4 is 9.62 Å². The number of amides is 2. The molecule has 2 aromatic carbocycles. The average Bonchev–Trinajstić information content (AvgIpc) is 2.83. The molecule has 35 heavy (non-hydrogen) atoms. The second-order valence-electron chi connectivity index (χ2n) is 8.87. The average molecular weight is 541 g/mol. The zero-order valence-corrected chi connectivity index (χ0v) is 22.2. The number of benzene rings is 2. The minimum Gasteiger partial charge on any atom is -0.352 e. The van der Waals surface area contributed by atoms with E-state index in [4.69, 9.17) is 23.2 Å². The first kappa shape index (κ1) is 27.3. The molecule has 3 rings (SSSR count). The number of carbonyl (C=O) groups is 2. The Bertz CT molecular complexity index is 1140. The van der Waals surface area contributed by atoms with Gasteiger partial charge in [-0.2, -0.15) is 0 Å². The second-order valence-corrected chi connectivity index (χ2v) is 11.6. The fourth-order valence-electron chi connectivity index (χ4n) is 4.21. The summed E-state index contributed by atoms with van der Waals surface area (Å²) in [6.07, 6.45) is 6.12. The summed E-state index contributed by atoms with van der Waals surface area (Å²) in [6, 6.07) is 13.1. The zero-order valence-electron chi connectivity index (χ0n) is 19.9. The predicted molar refractivity (Wildman–Crippen MR) is 140 cm³/mol. The Hall–Kier alpha value is -2.29. The van der Waals surface area contributed by atoms with Crippen LogP contribution in [0.1, 0.15) is 44.6 Å². The van der Waals surface area contributed by atoms with Crippen LogP contribution in [0.5, 0.6) is 0 Å². The maximum atomic E-state index is 13.6. The van der Waals surface area contributed by atoms with Crippen LogP contribution in [-0.4, -0.2) is 50.0 Å². The first-order chi connectivity index (χ1) is 16.6. The normalized spacial score (nSPS) is 15.3. The highest BCUT2D eigenvalue weighted by atomic mass is 35.5. The van der Waals surface area contributed by atoms with Crippen molar-refractivity contribution in [1.82, 2.24) is 10.2 Å². The van der Waals surface area contributed by atoms with E-state index in [-0.39, 0.29) is 34.2 Å². The summed E-state index contributed by atoms with van der Waals surface area (Å²) < 4.78 is 26.2. The molecule has 10 heteroatoms. The van der Waals surface area contributed by atoms with E-state index in [1.165, 1.54) is 17.0 Å². The topological polar surface area (TPSA) is 86.8 Å². The lowest BCUT2D eigenvalue weighted by atomic mass is 9.95. The van der Waals surface area contributed by atoms with E-state index in [1.807, 2.05) is 30.3 Å². The van der Waals surface area contributed by atoms with E-state index >= 15 is 0 Å². The number of halogens is 2. The Kier molecular flexibility index (Phi) is 9.44. The van der Waals surface area contributed by atoms with Gasteiger partial charge >= 0.3 is 0 Å². The molecule has 1 N–H and O–H groups in total. The summed E-state index contributed by atoms with van der Waals surface area (Å²) in [6.45, 7) is 1.29. The molecule has 0 saturated heterocycles. The lowest BCUT2D eigenvalue weighted by molar-refractivity contribution is -0.139. The number of carbonyl (C=O) groups excluding carboxylic acids is 2. The Labute approximate surface area is 217 Å². The van der Waals surface area contributed by atoms with Crippen LogP contribution in [0.3, 0.4) is 0 Å². The van der Waals surface area contributed by atoms with E-state index in [0.717, 1.165) is 48.2 Å². The molecule has 2 aromatic rings. The molecule has 1 aliphatic carbocycles. The van der Waals surface area contributed by atoms with Gasteiger partial charge in [0.15, 0.2) is 0 Å². The monoisotopic (exact) mass is 539 g/mol. The maximum absolute atomic E-state index is 13.6. The molecule has 0 bridgehead atoms. The third kappa shape index (κ3) is 7.35. The molecule has 1 atom stereocenters. The quantitative estimate of drug-likeness (QED) is 0.503. The predicted octanol–water partition coefficient (Wildman–Crippen LogP) is 4.63. The summed E-state index contributed by atoms with van der Waals surface area (Å²) >= 11 is 12.4. The van der Waals surface area contributed by atoms with E-state index in [0.29, 0.717) is 0 Å². The van der Waals surface area contributed by atoms with Crippen molar-refractivity contribution in [3.8, 4) is 0 Å². The molecule has 2 amide bonds. The first-order valence-electron chi connectivity index (χ1n) is 11.6. The van der Waals surface area contributed by atoms with Gasteiger partial charge in [-0.3, -0.25) is 13.9 Å². The molecule has 7 nitrogen and oxygen atoms in total. The molecular weight excluding hydrogens is 509 g/mol. The third-order valence-electron chi connectivity index (χ3n) is 6.19. The maximum Gasteiger partial charge on any atom is 0.244 e. The molecule has 1 unspecified atom stereocenters. The van der Waals surface area contributed by atoms with Gasteiger partial charge < -0.3 is 10.2 Å². The van der Waals surface area contributed by atoms with Crippen molar-refractivity contribution in [3.05, 3.63) is 64.1 Å².